The Bertz CT molecular complexity index is 1470. The summed E-state index contributed by atoms with van der Waals surface area (Å²) < 4.78 is 40.7. The molecule has 0 saturated carbocycles. The first-order chi connectivity index (χ1) is 19.7. The number of alkyl halides is 3. The first-order valence-electron chi connectivity index (χ1n) is 13.3. The lowest BCUT2D eigenvalue weighted by atomic mass is 9.59. The average Bonchev–Trinajstić information content (AvgIpc) is 2.99. The number of hydrogen-bond acceptors (Lipinski definition) is 2. The highest BCUT2D eigenvalue weighted by Crippen LogP contribution is 2.50. The lowest BCUT2D eigenvalue weighted by molar-refractivity contribution is -0.149. The van der Waals surface area contributed by atoms with Gasteiger partial charge in [-0.3, -0.25) is 9.69 Å². The van der Waals surface area contributed by atoms with Crippen LogP contribution in [0, 0.1) is 5.92 Å². The minimum atomic E-state index is -4.59. The number of aliphatic carboxylic acids is 1. The van der Waals surface area contributed by atoms with Gasteiger partial charge in [0.25, 0.3) is 0 Å². The number of halogens is 3. The number of carboxylic acid groups (broad SMARTS) is 1. The molecule has 41 heavy (non-hydrogen) atoms. The van der Waals surface area contributed by atoms with E-state index in [2.05, 4.69) is 0 Å². The molecule has 0 bridgehead atoms. The Hall–Kier alpha value is -4.65. The van der Waals surface area contributed by atoms with Gasteiger partial charge in [-0.2, -0.15) is 13.2 Å². The molecular formula is C34H28F3NO3. The maximum absolute atomic E-state index is 14.7. The fraction of sp³-hybridized carbons (Fsp3) is 0.176. The molecule has 0 aliphatic carbocycles. The zero-order valence-electron chi connectivity index (χ0n) is 22.3. The maximum Gasteiger partial charge on any atom is 0.416 e. The number of rotatable bonds is 7. The van der Waals surface area contributed by atoms with E-state index >= 15 is 0 Å². The van der Waals surface area contributed by atoms with Crippen LogP contribution in [0.1, 0.15) is 41.2 Å². The lowest BCUT2D eigenvalue weighted by Crippen LogP contribution is -2.53. The van der Waals surface area contributed by atoms with Gasteiger partial charge in [0.05, 0.1) is 16.9 Å². The summed E-state index contributed by atoms with van der Waals surface area (Å²) >= 11 is 0. The number of amides is 1. The molecule has 0 fully saturated rings. The van der Waals surface area contributed by atoms with Crippen LogP contribution in [0.15, 0.2) is 121 Å². The molecule has 4 aromatic rings. The molecule has 4 aromatic carbocycles. The summed E-state index contributed by atoms with van der Waals surface area (Å²) in [4.78, 5) is 28.2. The van der Waals surface area contributed by atoms with Crippen LogP contribution in [0.2, 0.25) is 0 Å². The second-order valence-corrected chi connectivity index (χ2v) is 10.1. The third kappa shape index (κ3) is 5.04. The van der Waals surface area contributed by atoms with Crippen molar-refractivity contribution >= 4 is 17.6 Å². The fourth-order valence-electron chi connectivity index (χ4n) is 5.91. The number of nitrogens with zero attached hydrogens (tertiary/aromatic N) is 1. The molecule has 7 heteroatoms. The van der Waals surface area contributed by atoms with Crippen LogP contribution >= 0.6 is 0 Å². The minimum absolute atomic E-state index is 0.129. The Morgan fingerprint density at radius 3 is 1.68 bits per heavy atom. The summed E-state index contributed by atoms with van der Waals surface area (Å²) in [5, 5.41) is 10.0. The standard InChI is InChI=1S/C34H28F3NO3/c1-23(32(40)41)38-30(24-12-11-19-28(22-24)34(35,36)37)21-20-29(31(38)39)33(25-13-5-2-6-14-25,26-15-7-3-8-16-26)27-17-9-4-10-18-27/h2-19,21-23,29H,20H2,1H3,(H,40,41). The molecule has 208 valence electrons. The Morgan fingerprint density at radius 1 is 0.780 bits per heavy atom. The number of carboxylic acids is 1. The summed E-state index contributed by atoms with van der Waals surface area (Å²) in [6.07, 6.45) is -2.72. The summed E-state index contributed by atoms with van der Waals surface area (Å²) in [7, 11) is 0. The zero-order chi connectivity index (χ0) is 29.2. The molecule has 5 rings (SSSR count). The third-order valence-corrected chi connectivity index (χ3v) is 7.78. The Labute approximate surface area is 236 Å². The fourth-order valence-corrected chi connectivity index (χ4v) is 5.91. The number of benzene rings is 4. The van der Waals surface area contributed by atoms with Crippen molar-refractivity contribution in [3.63, 3.8) is 0 Å². The molecule has 0 radical (unpaired) electrons. The first kappa shape index (κ1) is 27.9. The van der Waals surface area contributed by atoms with Crippen molar-refractivity contribution in [1.82, 2.24) is 4.90 Å². The molecule has 4 nitrogen and oxygen atoms in total. The van der Waals surface area contributed by atoms with E-state index in [1.54, 1.807) is 6.08 Å². The van der Waals surface area contributed by atoms with E-state index in [-0.39, 0.29) is 17.7 Å². The summed E-state index contributed by atoms with van der Waals surface area (Å²) in [5.41, 5.74) is 0.909. The van der Waals surface area contributed by atoms with Crippen molar-refractivity contribution in [2.75, 3.05) is 0 Å². The molecule has 1 N–H and O–H groups in total. The maximum atomic E-state index is 14.7. The van der Waals surface area contributed by atoms with E-state index in [4.69, 9.17) is 0 Å². The van der Waals surface area contributed by atoms with E-state index in [1.807, 2.05) is 91.0 Å². The monoisotopic (exact) mass is 555 g/mol. The molecule has 0 spiro atoms. The van der Waals surface area contributed by atoms with Crippen molar-refractivity contribution in [2.24, 2.45) is 5.92 Å². The van der Waals surface area contributed by atoms with Gasteiger partial charge in [0.1, 0.15) is 6.04 Å². The second-order valence-electron chi connectivity index (χ2n) is 10.1. The van der Waals surface area contributed by atoms with Gasteiger partial charge >= 0.3 is 12.1 Å². The SMILES string of the molecule is CC(C(=O)O)N1C(=O)C(C(c2ccccc2)(c2ccccc2)c2ccccc2)CC=C1c1cccc(C(F)(F)F)c1. The summed E-state index contributed by atoms with van der Waals surface area (Å²) in [6.45, 7) is 1.37. The number of carbonyl (C=O) groups excluding carboxylic acids is 1. The van der Waals surface area contributed by atoms with Gasteiger partial charge in [-0.05, 0) is 47.7 Å². The predicted octanol–water partition coefficient (Wildman–Crippen LogP) is 7.40. The van der Waals surface area contributed by atoms with E-state index in [0.29, 0.717) is 0 Å². The van der Waals surface area contributed by atoms with Crippen LogP contribution in [0.4, 0.5) is 13.2 Å². The molecule has 1 amide bonds. The highest BCUT2D eigenvalue weighted by molar-refractivity contribution is 5.96. The summed E-state index contributed by atoms with van der Waals surface area (Å²) in [6, 6.07) is 32.0. The van der Waals surface area contributed by atoms with Crippen LogP contribution in [-0.2, 0) is 21.2 Å². The lowest BCUT2D eigenvalue weighted by Gasteiger charge is -2.46. The topological polar surface area (TPSA) is 57.6 Å². The number of allylic oxidation sites excluding steroid dienone is 1. The van der Waals surface area contributed by atoms with E-state index in [0.717, 1.165) is 33.7 Å². The second kappa shape index (κ2) is 11.1. The first-order valence-corrected chi connectivity index (χ1v) is 13.3. The van der Waals surface area contributed by atoms with Gasteiger partial charge in [0, 0.05) is 5.70 Å². The van der Waals surface area contributed by atoms with Crippen molar-refractivity contribution in [1.29, 1.82) is 0 Å². The van der Waals surface area contributed by atoms with Crippen molar-refractivity contribution in [3.05, 3.63) is 149 Å². The Balaban J connectivity index is 1.78. The number of hydrogen-bond donors (Lipinski definition) is 1. The Morgan fingerprint density at radius 2 is 1.24 bits per heavy atom. The van der Waals surface area contributed by atoms with Gasteiger partial charge in [-0.25, -0.2) is 4.79 Å². The molecule has 1 aliphatic rings. The van der Waals surface area contributed by atoms with Crippen LogP contribution in [0.25, 0.3) is 5.70 Å². The molecule has 2 atom stereocenters. The summed E-state index contributed by atoms with van der Waals surface area (Å²) in [5.74, 6) is -2.54. The van der Waals surface area contributed by atoms with Crippen LogP contribution in [0.3, 0.4) is 0 Å². The van der Waals surface area contributed by atoms with Gasteiger partial charge in [0.15, 0.2) is 0 Å². The normalized spacial score (nSPS) is 16.7. The molecule has 0 aromatic heterocycles. The highest BCUT2D eigenvalue weighted by Gasteiger charge is 2.51. The predicted molar refractivity (Wildman–Crippen MR) is 151 cm³/mol. The van der Waals surface area contributed by atoms with Gasteiger partial charge in [-0.1, -0.05) is 109 Å². The van der Waals surface area contributed by atoms with Gasteiger partial charge in [-0.15, -0.1) is 0 Å². The van der Waals surface area contributed by atoms with Crippen molar-refractivity contribution in [3.8, 4) is 0 Å². The molecule has 0 saturated heterocycles. The average molecular weight is 556 g/mol. The van der Waals surface area contributed by atoms with E-state index in [1.165, 1.54) is 19.1 Å². The van der Waals surface area contributed by atoms with Crippen molar-refractivity contribution in [2.45, 2.75) is 31.0 Å². The zero-order valence-corrected chi connectivity index (χ0v) is 22.3. The van der Waals surface area contributed by atoms with E-state index in [9.17, 15) is 27.9 Å². The van der Waals surface area contributed by atoms with Gasteiger partial charge in [0.2, 0.25) is 5.91 Å². The minimum Gasteiger partial charge on any atom is -0.480 e. The van der Waals surface area contributed by atoms with Gasteiger partial charge < -0.3 is 5.11 Å². The largest absolute Gasteiger partial charge is 0.480 e. The van der Waals surface area contributed by atoms with E-state index < -0.39 is 41.0 Å². The van der Waals surface area contributed by atoms with Crippen LogP contribution in [0.5, 0.6) is 0 Å². The molecular weight excluding hydrogens is 527 g/mol. The van der Waals surface area contributed by atoms with Crippen LogP contribution < -0.4 is 0 Å². The molecule has 1 heterocycles. The van der Waals surface area contributed by atoms with Crippen molar-refractivity contribution < 1.29 is 27.9 Å². The smallest absolute Gasteiger partial charge is 0.416 e. The third-order valence-electron chi connectivity index (χ3n) is 7.78. The molecule has 1 aliphatic heterocycles. The highest BCUT2D eigenvalue weighted by atomic mass is 19.4. The van der Waals surface area contributed by atoms with Crippen LogP contribution in [-0.4, -0.2) is 27.9 Å². The number of carbonyl (C=O) groups is 2. The molecule has 2 unspecified atom stereocenters. The quantitative estimate of drug-likeness (QED) is 0.242. The Kier molecular flexibility index (Phi) is 7.54.